The molecule has 2 nitrogen and oxygen atoms in total. The SMILES string of the molecule is CC.CC.CC.Fc1ccc(OC(F)(F)F)cc1N1CCc2ccccc2C1. The molecule has 0 amide bonds. The predicted octanol–water partition coefficient (Wildman–Crippen LogP) is 7.37. The van der Waals surface area contributed by atoms with Crippen molar-refractivity contribution in [3.63, 3.8) is 0 Å². The quantitative estimate of drug-likeness (QED) is 0.487. The van der Waals surface area contributed by atoms with Crippen LogP contribution in [-0.2, 0) is 13.0 Å². The maximum atomic E-state index is 14.0. The van der Waals surface area contributed by atoms with Gasteiger partial charge in [-0.25, -0.2) is 4.39 Å². The number of fused-ring (bicyclic) bond motifs is 1. The molecule has 0 N–H and O–H groups in total. The summed E-state index contributed by atoms with van der Waals surface area (Å²) in [5, 5.41) is 0. The zero-order valence-electron chi connectivity index (χ0n) is 17.5. The fourth-order valence-corrected chi connectivity index (χ4v) is 2.63. The van der Waals surface area contributed by atoms with Gasteiger partial charge in [-0.05, 0) is 29.7 Å². The van der Waals surface area contributed by atoms with Gasteiger partial charge in [0.25, 0.3) is 0 Å². The third-order valence-corrected chi connectivity index (χ3v) is 3.62. The molecule has 2 aromatic carbocycles. The Labute approximate surface area is 166 Å². The molecule has 3 rings (SSSR count). The van der Waals surface area contributed by atoms with Gasteiger partial charge in [-0.15, -0.1) is 13.2 Å². The van der Waals surface area contributed by atoms with E-state index in [1.54, 1.807) is 4.90 Å². The maximum absolute atomic E-state index is 14.0. The Balaban J connectivity index is 0.00000111. The molecule has 0 atom stereocenters. The predicted molar refractivity (Wildman–Crippen MR) is 108 cm³/mol. The van der Waals surface area contributed by atoms with Gasteiger partial charge in [-0.1, -0.05) is 65.8 Å². The van der Waals surface area contributed by atoms with Gasteiger partial charge in [0, 0.05) is 19.2 Å². The molecule has 0 saturated heterocycles. The van der Waals surface area contributed by atoms with Crippen LogP contribution < -0.4 is 9.64 Å². The van der Waals surface area contributed by atoms with E-state index in [0.29, 0.717) is 13.1 Å². The van der Waals surface area contributed by atoms with Gasteiger partial charge in [0.2, 0.25) is 0 Å². The molecular formula is C22H31F4NO. The summed E-state index contributed by atoms with van der Waals surface area (Å²) < 4.78 is 54.7. The number of benzene rings is 2. The van der Waals surface area contributed by atoms with Crippen LogP contribution in [-0.4, -0.2) is 12.9 Å². The van der Waals surface area contributed by atoms with Crippen molar-refractivity contribution >= 4 is 5.69 Å². The van der Waals surface area contributed by atoms with E-state index in [9.17, 15) is 17.6 Å². The fourth-order valence-electron chi connectivity index (χ4n) is 2.63. The second-order valence-corrected chi connectivity index (χ2v) is 5.10. The summed E-state index contributed by atoms with van der Waals surface area (Å²) in [5.74, 6) is -0.975. The topological polar surface area (TPSA) is 12.5 Å². The third-order valence-electron chi connectivity index (χ3n) is 3.62. The number of alkyl halides is 3. The van der Waals surface area contributed by atoms with E-state index in [2.05, 4.69) is 4.74 Å². The first kappa shape index (κ1) is 25.8. The van der Waals surface area contributed by atoms with Crippen LogP contribution in [0.3, 0.4) is 0 Å². The molecule has 28 heavy (non-hydrogen) atoms. The average Bonchev–Trinajstić information content (AvgIpc) is 2.72. The lowest BCUT2D eigenvalue weighted by atomic mass is 9.99. The van der Waals surface area contributed by atoms with Crippen LogP contribution >= 0.6 is 0 Å². The number of halogens is 4. The molecule has 1 aliphatic heterocycles. The molecule has 1 heterocycles. The first-order valence-electron chi connectivity index (χ1n) is 9.79. The van der Waals surface area contributed by atoms with Crippen LogP contribution in [0.15, 0.2) is 42.5 Å². The van der Waals surface area contributed by atoms with Crippen LogP contribution in [0, 0.1) is 5.82 Å². The van der Waals surface area contributed by atoms with Crippen LogP contribution in [0.5, 0.6) is 5.75 Å². The first-order chi connectivity index (χ1) is 13.4. The average molecular weight is 401 g/mol. The number of ether oxygens (including phenoxy) is 1. The Morgan fingerprint density at radius 3 is 2.00 bits per heavy atom. The molecular weight excluding hydrogens is 370 g/mol. The molecule has 0 unspecified atom stereocenters. The number of nitrogens with zero attached hydrogens (tertiary/aromatic N) is 1. The maximum Gasteiger partial charge on any atom is 0.573 e. The molecule has 0 aromatic heterocycles. The first-order valence-corrected chi connectivity index (χ1v) is 9.79. The second kappa shape index (κ2) is 13.0. The van der Waals surface area contributed by atoms with Crippen LogP contribution in [0.25, 0.3) is 0 Å². The third kappa shape index (κ3) is 7.79. The molecule has 0 radical (unpaired) electrons. The zero-order chi connectivity index (χ0) is 21.7. The molecule has 1 aliphatic rings. The summed E-state index contributed by atoms with van der Waals surface area (Å²) in [6.07, 6.45) is -4.07. The molecule has 0 fully saturated rings. The van der Waals surface area contributed by atoms with Gasteiger partial charge in [0.15, 0.2) is 0 Å². The Morgan fingerprint density at radius 1 is 0.857 bits per heavy atom. The largest absolute Gasteiger partial charge is 0.573 e. The van der Waals surface area contributed by atoms with Gasteiger partial charge >= 0.3 is 6.36 Å². The normalized spacial score (nSPS) is 12.1. The van der Waals surface area contributed by atoms with Crippen molar-refractivity contribution in [3.05, 3.63) is 59.4 Å². The lowest BCUT2D eigenvalue weighted by Gasteiger charge is -2.31. The van der Waals surface area contributed by atoms with Crippen LogP contribution in [0.2, 0.25) is 0 Å². The van der Waals surface area contributed by atoms with Gasteiger partial charge in [0.1, 0.15) is 11.6 Å². The second-order valence-electron chi connectivity index (χ2n) is 5.10. The van der Waals surface area contributed by atoms with Crippen molar-refractivity contribution in [2.75, 3.05) is 11.4 Å². The van der Waals surface area contributed by atoms with Crippen molar-refractivity contribution < 1.29 is 22.3 Å². The molecule has 0 aliphatic carbocycles. The Kier molecular flexibility index (Phi) is 12.0. The van der Waals surface area contributed by atoms with Crippen LogP contribution in [0.4, 0.5) is 23.2 Å². The summed E-state index contributed by atoms with van der Waals surface area (Å²) >= 11 is 0. The molecule has 2 aromatic rings. The summed E-state index contributed by atoms with van der Waals surface area (Å²) in [6.45, 7) is 13.0. The lowest BCUT2D eigenvalue weighted by Crippen LogP contribution is -2.31. The highest BCUT2D eigenvalue weighted by atomic mass is 19.4. The van der Waals surface area contributed by atoms with E-state index in [0.717, 1.165) is 30.2 Å². The number of anilines is 1. The van der Waals surface area contributed by atoms with Crippen molar-refractivity contribution in [3.8, 4) is 5.75 Å². The van der Waals surface area contributed by atoms with E-state index < -0.39 is 17.9 Å². The van der Waals surface area contributed by atoms with Crippen molar-refractivity contribution in [2.45, 2.75) is 60.9 Å². The smallest absolute Gasteiger partial charge is 0.406 e. The van der Waals surface area contributed by atoms with E-state index in [1.807, 2.05) is 65.8 Å². The summed E-state index contributed by atoms with van der Waals surface area (Å²) in [6, 6.07) is 10.8. The number of hydrogen-bond acceptors (Lipinski definition) is 2. The summed E-state index contributed by atoms with van der Waals surface area (Å²) in [4.78, 5) is 1.72. The van der Waals surface area contributed by atoms with E-state index in [4.69, 9.17) is 0 Å². The summed E-state index contributed by atoms with van der Waals surface area (Å²) in [5.41, 5.74) is 2.36. The van der Waals surface area contributed by atoms with E-state index in [-0.39, 0.29) is 5.69 Å². The molecule has 0 saturated carbocycles. The highest BCUT2D eigenvalue weighted by Gasteiger charge is 2.31. The Hall–Kier alpha value is -2.24. The molecule has 0 spiro atoms. The van der Waals surface area contributed by atoms with Crippen molar-refractivity contribution in [1.29, 1.82) is 0 Å². The van der Waals surface area contributed by atoms with Crippen molar-refractivity contribution in [1.82, 2.24) is 0 Å². The van der Waals surface area contributed by atoms with Crippen molar-refractivity contribution in [2.24, 2.45) is 0 Å². The fraction of sp³-hybridized carbons (Fsp3) is 0.455. The number of hydrogen-bond donors (Lipinski definition) is 0. The minimum Gasteiger partial charge on any atom is -0.406 e. The van der Waals surface area contributed by atoms with Gasteiger partial charge in [-0.2, -0.15) is 0 Å². The Bertz CT molecular complexity index is 686. The molecule has 158 valence electrons. The molecule has 0 bridgehead atoms. The van der Waals surface area contributed by atoms with Gasteiger partial charge < -0.3 is 9.64 Å². The minimum atomic E-state index is -4.79. The molecule has 6 heteroatoms. The van der Waals surface area contributed by atoms with E-state index in [1.165, 1.54) is 5.56 Å². The Morgan fingerprint density at radius 2 is 1.43 bits per heavy atom. The van der Waals surface area contributed by atoms with E-state index >= 15 is 0 Å². The highest BCUT2D eigenvalue weighted by molar-refractivity contribution is 5.54. The monoisotopic (exact) mass is 401 g/mol. The minimum absolute atomic E-state index is 0.122. The lowest BCUT2D eigenvalue weighted by molar-refractivity contribution is -0.274. The summed E-state index contributed by atoms with van der Waals surface area (Å²) in [7, 11) is 0. The van der Waals surface area contributed by atoms with Gasteiger partial charge in [-0.3, -0.25) is 0 Å². The number of rotatable bonds is 2. The standard InChI is InChI=1S/C16H13F4NO.3C2H6/c17-14-6-5-13(22-16(18,19)20)9-15(14)21-8-7-11-3-1-2-4-12(11)10-21;3*1-2/h1-6,9H,7-8,10H2;3*1-2H3. The highest BCUT2D eigenvalue weighted by Crippen LogP contribution is 2.31. The van der Waals surface area contributed by atoms with Crippen LogP contribution in [0.1, 0.15) is 52.7 Å². The van der Waals surface area contributed by atoms with Gasteiger partial charge in [0.05, 0.1) is 5.69 Å². The zero-order valence-corrected chi connectivity index (χ0v) is 17.5.